The molecule has 0 aliphatic carbocycles. The van der Waals surface area contributed by atoms with E-state index in [1.54, 1.807) is 18.2 Å². The van der Waals surface area contributed by atoms with E-state index < -0.39 is 0 Å². The van der Waals surface area contributed by atoms with Gasteiger partial charge in [-0.1, -0.05) is 29.3 Å². The molecule has 0 unspecified atom stereocenters. The minimum Gasteiger partial charge on any atom is -0.321 e. The van der Waals surface area contributed by atoms with Gasteiger partial charge in [-0.05, 0) is 18.2 Å². The highest BCUT2D eigenvalue weighted by Gasteiger charge is 2.12. The molecule has 5 heteroatoms. The van der Waals surface area contributed by atoms with Gasteiger partial charge in [0.05, 0.1) is 10.0 Å². The zero-order valence-electron chi connectivity index (χ0n) is 10.4. The number of carbonyl (C=O) groups excluding carboxylic acids is 1. The molecule has 2 rings (SSSR count). The SMILES string of the molecule is Cc1cccc[n+]1CC(=O)Nc1ccc(Cl)c(Cl)c1. The number of aryl methyl sites for hydroxylation is 1. The molecule has 98 valence electrons. The molecular weight excluding hydrogens is 283 g/mol. The maximum absolute atomic E-state index is 11.9. The molecule has 1 amide bonds. The Labute approximate surface area is 121 Å². The Morgan fingerprint density at radius 1 is 1.21 bits per heavy atom. The van der Waals surface area contributed by atoms with Crippen LogP contribution in [-0.4, -0.2) is 5.91 Å². The van der Waals surface area contributed by atoms with Crippen LogP contribution < -0.4 is 9.88 Å². The van der Waals surface area contributed by atoms with Crippen molar-refractivity contribution in [2.24, 2.45) is 0 Å². The molecule has 19 heavy (non-hydrogen) atoms. The van der Waals surface area contributed by atoms with Crippen LogP contribution in [0.3, 0.4) is 0 Å². The van der Waals surface area contributed by atoms with E-state index in [2.05, 4.69) is 5.32 Å². The largest absolute Gasteiger partial charge is 0.321 e. The molecule has 3 nitrogen and oxygen atoms in total. The first-order chi connectivity index (χ1) is 9.06. The van der Waals surface area contributed by atoms with Crippen LogP contribution in [0.5, 0.6) is 0 Å². The van der Waals surface area contributed by atoms with Gasteiger partial charge in [0.15, 0.2) is 11.9 Å². The zero-order chi connectivity index (χ0) is 13.8. The van der Waals surface area contributed by atoms with E-state index in [1.165, 1.54) is 0 Å². The summed E-state index contributed by atoms with van der Waals surface area (Å²) in [6.45, 7) is 2.21. The molecule has 0 aliphatic heterocycles. The summed E-state index contributed by atoms with van der Waals surface area (Å²) in [6, 6.07) is 10.8. The maximum atomic E-state index is 11.9. The van der Waals surface area contributed by atoms with Crippen molar-refractivity contribution in [1.82, 2.24) is 0 Å². The predicted molar refractivity (Wildman–Crippen MR) is 76.5 cm³/mol. The second-order valence-electron chi connectivity index (χ2n) is 4.15. The highest BCUT2D eigenvalue weighted by atomic mass is 35.5. The topological polar surface area (TPSA) is 33.0 Å². The van der Waals surface area contributed by atoms with Crippen molar-refractivity contribution in [3.63, 3.8) is 0 Å². The molecule has 0 bridgehead atoms. The molecule has 0 saturated carbocycles. The third-order valence-electron chi connectivity index (χ3n) is 2.68. The van der Waals surface area contributed by atoms with Crippen molar-refractivity contribution in [2.75, 3.05) is 5.32 Å². The highest BCUT2D eigenvalue weighted by molar-refractivity contribution is 6.42. The molecule has 0 saturated heterocycles. The lowest BCUT2D eigenvalue weighted by Gasteiger charge is -2.05. The van der Waals surface area contributed by atoms with E-state index in [0.29, 0.717) is 15.7 Å². The minimum absolute atomic E-state index is 0.113. The number of hydrogen-bond donors (Lipinski definition) is 1. The van der Waals surface area contributed by atoms with Crippen molar-refractivity contribution < 1.29 is 9.36 Å². The molecule has 2 aromatic rings. The quantitative estimate of drug-likeness (QED) is 0.867. The van der Waals surface area contributed by atoms with E-state index in [4.69, 9.17) is 23.2 Å². The molecule has 0 fully saturated rings. The third-order valence-corrected chi connectivity index (χ3v) is 3.42. The van der Waals surface area contributed by atoms with Crippen LogP contribution in [0.1, 0.15) is 5.69 Å². The van der Waals surface area contributed by atoms with Gasteiger partial charge in [-0.3, -0.25) is 4.79 Å². The fraction of sp³-hybridized carbons (Fsp3) is 0.143. The summed E-state index contributed by atoms with van der Waals surface area (Å²) < 4.78 is 1.87. The first kappa shape index (κ1) is 13.8. The van der Waals surface area contributed by atoms with Gasteiger partial charge in [0.1, 0.15) is 0 Å². The van der Waals surface area contributed by atoms with E-state index in [1.807, 2.05) is 35.9 Å². The zero-order valence-corrected chi connectivity index (χ0v) is 11.9. The molecule has 1 N–H and O–H groups in total. The lowest BCUT2D eigenvalue weighted by Crippen LogP contribution is -2.42. The molecule has 0 atom stereocenters. The summed E-state index contributed by atoms with van der Waals surface area (Å²) in [7, 11) is 0. The van der Waals surface area contributed by atoms with Crippen LogP contribution >= 0.6 is 23.2 Å². The number of benzene rings is 1. The maximum Gasteiger partial charge on any atom is 0.290 e. The summed E-state index contributed by atoms with van der Waals surface area (Å²) in [4.78, 5) is 11.9. The number of amides is 1. The fourth-order valence-electron chi connectivity index (χ4n) is 1.67. The molecule has 1 heterocycles. The van der Waals surface area contributed by atoms with Gasteiger partial charge in [-0.15, -0.1) is 0 Å². The van der Waals surface area contributed by atoms with Gasteiger partial charge in [0, 0.05) is 24.7 Å². The van der Waals surface area contributed by atoms with E-state index in [-0.39, 0.29) is 12.5 Å². The number of anilines is 1. The molecule has 1 aromatic carbocycles. The van der Waals surface area contributed by atoms with E-state index in [9.17, 15) is 4.79 Å². The number of aromatic nitrogens is 1. The third kappa shape index (κ3) is 3.69. The summed E-state index contributed by atoms with van der Waals surface area (Å²) in [5.74, 6) is -0.113. The first-order valence-electron chi connectivity index (χ1n) is 5.76. The normalized spacial score (nSPS) is 10.3. The molecule has 0 radical (unpaired) electrons. The number of rotatable bonds is 3. The summed E-state index contributed by atoms with van der Waals surface area (Å²) in [6.07, 6.45) is 1.86. The number of hydrogen-bond acceptors (Lipinski definition) is 1. The standard InChI is InChI=1S/C14H12Cl2N2O/c1-10-4-2-3-7-18(10)9-14(19)17-11-5-6-12(15)13(16)8-11/h2-8H,9H2,1H3/p+1. The van der Waals surface area contributed by atoms with Crippen LogP contribution in [-0.2, 0) is 11.3 Å². The van der Waals surface area contributed by atoms with Gasteiger partial charge >= 0.3 is 0 Å². The van der Waals surface area contributed by atoms with Crippen molar-refractivity contribution in [1.29, 1.82) is 0 Å². The Bertz CT molecular complexity index is 614. The Balaban J connectivity index is 2.05. The predicted octanol–water partition coefficient (Wildman–Crippen LogP) is 3.23. The van der Waals surface area contributed by atoms with Crippen LogP contribution in [0.15, 0.2) is 42.6 Å². The van der Waals surface area contributed by atoms with Gasteiger partial charge in [-0.25, -0.2) is 0 Å². The van der Waals surface area contributed by atoms with Gasteiger partial charge in [0.2, 0.25) is 6.54 Å². The number of halogens is 2. The second-order valence-corrected chi connectivity index (χ2v) is 4.96. The summed E-state index contributed by atoms with van der Waals surface area (Å²) in [5, 5.41) is 3.67. The van der Waals surface area contributed by atoms with Gasteiger partial charge in [0.25, 0.3) is 5.91 Å². The molecule has 0 aliphatic rings. The Morgan fingerprint density at radius 3 is 2.68 bits per heavy atom. The summed E-state index contributed by atoms with van der Waals surface area (Å²) >= 11 is 11.7. The van der Waals surface area contributed by atoms with Crippen molar-refractivity contribution in [3.8, 4) is 0 Å². The van der Waals surface area contributed by atoms with E-state index >= 15 is 0 Å². The Morgan fingerprint density at radius 2 is 2.00 bits per heavy atom. The van der Waals surface area contributed by atoms with Crippen LogP contribution in [0.2, 0.25) is 10.0 Å². The van der Waals surface area contributed by atoms with E-state index in [0.717, 1.165) is 5.69 Å². The number of nitrogens with one attached hydrogen (secondary N) is 1. The van der Waals surface area contributed by atoms with Crippen LogP contribution in [0, 0.1) is 6.92 Å². The van der Waals surface area contributed by atoms with Crippen LogP contribution in [0.4, 0.5) is 5.69 Å². The Kier molecular flexibility index (Phi) is 4.40. The average Bonchev–Trinajstić information content (AvgIpc) is 2.37. The lowest BCUT2D eigenvalue weighted by molar-refractivity contribution is -0.690. The van der Waals surface area contributed by atoms with Crippen molar-refractivity contribution in [3.05, 3.63) is 58.3 Å². The van der Waals surface area contributed by atoms with Gasteiger partial charge in [-0.2, -0.15) is 4.57 Å². The highest BCUT2D eigenvalue weighted by Crippen LogP contribution is 2.24. The number of nitrogens with zero attached hydrogens (tertiary/aromatic N) is 1. The molecule has 1 aromatic heterocycles. The number of pyridine rings is 1. The Hall–Kier alpha value is -1.58. The molecular formula is C14H13Cl2N2O+. The minimum atomic E-state index is -0.113. The number of carbonyl (C=O) groups is 1. The van der Waals surface area contributed by atoms with Crippen molar-refractivity contribution in [2.45, 2.75) is 13.5 Å². The second kappa shape index (κ2) is 6.04. The van der Waals surface area contributed by atoms with Crippen LogP contribution in [0.25, 0.3) is 0 Å². The monoisotopic (exact) mass is 295 g/mol. The summed E-state index contributed by atoms with van der Waals surface area (Å²) in [5.41, 5.74) is 1.65. The first-order valence-corrected chi connectivity index (χ1v) is 6.52. The average molecular weight is 296 g/mol. The van der Waals surface area contributed by atoms with Gasteiger partial charge < -0.3 is 5.32 Å². The fourth-order valence-corrected chi connectivity index (χ4v) is 1.97. The molecule has 0 spiro atoms. The smallest absolute Gasteiger partial charge is 0.290 e. The lowest BCUT2D eigenvalue weighted by atomic mass is 10.3. The van der Waals surface area contributed by atoms with Crippen molar-refractivity contribution >= 4 is 34.8 Å².